The zero-order chi connectivity index (χ0) is 29.9. The summed E-state index contributed by atoms with van der Waals surface area (Å²) < 4.78 is 15.3. The van der Waals surface area contributed by atoms with Crippen molar-refractivity contribution in [3.8, 4) is 0 Å². The maximum absolute atomic E-state index is 12.0. The Kier molecular flexibility index (Phi) is 16.9. The first-order chi connectivity index (χ1) is 19.1. The van der Waals surface area contributed by atoms with E-state index >= 15 is 0 Å². The average Bonchev–Trinajstić information content (AvgIpc) is 2.98. The van der Waals surface area contributed by atoms with Crippen LogP contribution in [0.4, 0.5) is 0 Å². The van der Waals surface area contributed by atoms with Gasteiger partial charge in [0.1, 0.15) is 12.7 Å². The van der Waals surface area contributed by atoms with Crippen molar-refractivity contribution in [2.24, 2.45) is 0 Å². The standard InChI is InChI=1S/C21H30O6.C11H14O2/c1-4-16(3)17-8-10-18(11-9-17)21(24)27-15-19(22)14-25-12-6-7-13-26-20(23)5-2;1-3-8(2)9-4-6-10(7-5-9)11(12)13/h5,8-11,16,19,22H,2,4,6-7,12-15H2,1,3H3;4-8H,3H2,1-2H3,(H,12,13). The van der Waals surface area contributed by atoms with E-state index in [0.29, 0.717) is 49.0 Å². The lowest BCUT2D eigenvalue weighted by molar-refractivity contribution is -0.137. The first-order valence-electron chi connectivity index (χ1n) is 13.8. The number of aliphatic hydroxyl groups is 1. The predicted molar refractivity (Wildman–Crippen MR) is 155 cm³/mol. The highest BCUT2D eigenvalue weighted by atomic mass is 16.5. The number of ether oxygens (including phenoxy) is 3. The smallest absolute Gasteiger partial charge is 0.338 e. The largest absolute Gasteiger partial charge is 0.478 e. The summed E-state index contributed by atoms with van der Waals surface area (Å²) in [6.45, 7) is 12.5. The Balaban J connectivity index is 0.000000512. The van der Waals surface area contributed by atoms with Gasteiger partial charge in [-0.1, -0.05) is 58.5 Å². The second-order valence-electron chi connectivity index (χ2n) is 9.57. The molecular formula is C32H44O8. The molecule has 0 fully saturated rings. The maximum atomic E-state index is 12.0. The molecule has 0 aromatic heterocycles. The van der Waals surface area contributed by atoms with Crippen LogP contribution in [0.15, 0.2) is 61.2 Å². The quantitative estimate of drug-likeness (QED) is 0.144. The zero-order valence-electron chi connectivity index (χ0n) is 24.1. The fourth-order valence-corrected chi connectivity index (χ4v) is 3.43. The molecule has 8 nitrogen and oxygen atoms in total. The summed E-state index contributed by atoms with van der Waals surface area (Å²) in [5.74, 6) is -0.821. The average molecular weight is 557 g/mol. The third-order valence-corrected chi connectivity index (χ3v) is 6.48. The minimum Gasteiger partial charge on any atom is -0.478 e. The van der Waals surface area contributed by atoms with Crippen LogP contribution in [0.2, 0.25) is 0 Å². The molecule has 0 aliphatic heterocycles. The van der Waals surface area contributed by atoms with Crippen LogP contribution in [0.25, 0.3) is 0 Å². The summed E-state index contributed by atoms with van der Waals surface area (Å²) >= 11 is 0. The Bertz CT molecular complexity index is 1030. The van der Waals surface area contributed by atoms with Crippen molar-refractivity contribution < 1.29 is 38.8 Å². The van der Waals surface area contributed by atoms with Gasteiger partial charge >= 0.3 is 17.9 Å². The number of aromatic carboxylic acids is 1. The zero-order valence-corrected chi connectivity index (χ0v) is 24.1. The van der Waals surface area contributed by atoms with E-state index in [2.05, 4.69) is 34.3 Å². The van der Waals surface area contributed by atoms with E-state index in [9.17, 15) is 19.5 Å². The van der Waals surface area contributed by atoms with Gasteiger partial charge in [0.05, 0.1) is 24.3 Å². The highest BCUT2D eigenvalue weighted by Gasteiger charge is 2.12. The van der Waals surface area contributed by atoms with Crippen molar-refractivity contribution >= 4 is 17.9 Å². The van der Waals surface area contributed by atoms with Crippen molar-refractivity contribution in [2.75, 3.05) is 26.4 Å². The molecule has 2 rings (SSSR count). The Morgan fingerprint density at radius 3 is 1.77 bits per heavy atom. The molecule has 0 saturated heterocycles. The molecule has 8 heteroatoms. The van der Waals surface area contributed by atoms with E-state index < -0.39 is 24.0 Å². The van der Waals surface area contributed by atoms with Crippen LogP contribution in [-0.2, 0) is 19.0 Å². The van der Waals surface area contributed by atoms with Crippen LogP contribution in [-0.4, -0.2) is 60.7 Å². The Hall–Kier alpha value is -3.49. The molecule has 0 radical (unpaired) electrons. The highest BCUT2D eigenvalue weighted by Crippen LogP contribution is 2.19. The molecule has 2 N–H and O–H groups in total. The van der Waals surface area contributed by atoms with Gasteiger partial charge in [0.2, 0.25) is 0 Å². The minimum absolute atomic E-state index is 0.0761. The van der Waals surface area contributed by atoms with E-state index in [1.165, 1.54) is 11.1 Å². The molecule has 0 saturated carbocycles. The normalized spacial score (nSPS) is 12.7. The summed E-state index contributed by atoms with van der Waals surface area (Å²) in [5.41, 5.74) is 3.20. The van der Waals surface area contributed by atoms with Gasteiger partial charge in [0.25, 0.3) is 0 Å². The van der Waals surface area contributed by atoms with Gasteiger partial charge in [0, 0.05) is 12.7 Å². The second kappa shape index (κ2) is 19.6. The summed E-state index contributed by atoms with van der Waals surface area (Å²) in [4.78, 5) is 33.4. The van der Waals surface area contributed by atoms with E-state index in [4.69, 9.17) is 19.3 Å². The number of hydrogen-bond donors (Lipinski definition) is 2. The van der Waals surface area contributed by atoms with Gasteiger partial charge in [0.15, 0.2) is 0 Å². The van der Waals surface area contributed by atoms with Crippen molar-refractivity contribution in [3.05, 3.63) is 83.4 Å². The van der Waals surface area contributed by atoms with Crippen LogP contribution in [0.5, 0.6) is 0 Å². The predicted octanol–water partition coefficient (Wildman–Crippen LogP) is 6.14. The number of carboxylic acid groups (broad SMARTS) is 1. The van der Waals surface area contributed by atoms with Crippen LogP contribution >= 0.6 is 0 Å². The lowest BCUT2D eigenvalue weighted by Crippen LogP contribution is -2.24. The number of carboxylic acids is 1. The van der Waals surface area contributed by atoms with E-state index in [-0.39, 0.29) is 13.2 Å². The molecule has 220 valence electrons. The topological polar surface area (TPSA) is 119 Å². The molecule has 3 unspecified atom stereocenters. The van der Waals surface area contributed by atoms with E-state index in [0.717, 1.165) is 18.9 Å². The molecule has 0 spiro atoms. The Morgan fingerprint density at radius 2 is 1.30 bits per heavy atom. The number of esters is 2. The van der Waals surface area contributed by atoms with Crippen LogP contribution < -0.4 is 0 Å². The second-order valence-corrected chi connectivity index (χ2v) is 9.57. The number of hydrogen-bond acceptors (Lipinski definition) is 7. The van der Waals surface area contributed by atoms with Gasteiger partial charge in [-0.05, 0) is 72.9 Å². The maximum Gasteiger partial charge on any atom is 0.338 e. The van der Waals surface area contributed by atoms with Crippen molar-refractivity contribution in [1.82, 2.24) is 0 Å². The monoisotopic (exact) mass is 556 g/mol. The SMILES string of the molecule is C=CC(=O)OCCCCOCC(O)COC(=O)c1ccc(C(C)CC)cc1.CCC(C)c1ccc(C(=O)O)cc1. The number of aliphatic hydroxyl groups excluding tert-OH is 1. The lowest BCUT2D eigenvalue weighted by atomic mass is 9.98. The molecule has 0 bridgehead atoms. The van der Waals surface area contributed by atoms with Gasteiger partial charge in [-0.25, -0.2) is 14.4 Å². The molecule has 0 aliphatic rings. The summed E-state index contributed by atoms with van der Waals surface area (Å²) in [7, 11) is 0. The van der Waals surface area contributed by atoms with Crippen LogP contribution in [0.3, 0.4) is 0 Å². The number of rotatable bonds is 16. The van der Waals surface area contributed by atoms with Gasteiger partial charge in [-0.15, -0.1) is 0 Å². The first-order valence-corrected chi connectivity index (χ1v) is 13.8. The first kappa shape index (κ1) is 34.5. The van der Waals surface area contributed by atoms with Gasteiger partial charge in [-0.3, -0.25) is 0 Å². The Morgan fingerprint density at radius 1 is 0.800 bits per heavy atom. The Labute approximate surface area is 238 Å². The van der Waals surface area contributed by atoms with Crippen molar-refractivity contribution in [1.29, 1.82) is 0 Å². The molecule has 2 aromatic rings. The number of unbranched alkanes of at least 4 members (excludes halogenated alkanes) is 1. The van der Waals surface area contributed by atoms with Gasteiger partial charge < -0.3 is 24.4 Å². The molecule has 40 heavy (non-hydrogen) atoms. The lowest BCUT2D eigenvalue weighted by Gasteiger charge is -2.13. The van der Waals surface area contributed by atoms with Crippen molar-refractivity contribution in [2.45, 2.75) is 71.3 Å². The van der Waals surface area contributed by atoms with Crippen molar-refractivity contribution in [3.63, 3.8) is 0 Å². The van der Waals surface area contributed by atoms with E-state index in [1.54, 1.807) is 24.3 Å². The molecule has 0 amide bonds. The third kappa shape index (κ3) is 13.5. The number of benzene rings is 2. The number of carbonyl (C=O) groups excluding carboxylic acids is 2. The number of carbonyl (C=O) groups is 3. The fraction of sp³-hybridized carbons (Fsp3) is 0.469. The summed E-state index contributed by atoms with van der Waals surface area (Å²) in [5, 5.41) is 18.5. The fourth-order valence-electron chi connectivity index (χ4n) is 3.43. The molecule has 0 heterocycles. The molecule has 0 aliphatic carbocycles. The summed E-state index contributed by atoms with van der Waals surface area (Å²) in [6.07, 6.45) is 3.71. The van der Waals surface area contributed by atoms with Gasteiger partial charge in [-0.2, -0.15) is 0 Å². The summed E-state index contributed by atoms with van der Waals surface area (Å²) in [6, 6.07) is 14.4. The molecule has 3 atom stereocenters. The van der Waals surface area contributed by atoms with E-state index in [1.807, 2.05) is 24.3 Å². The van der Waals surface area contributed by atoms with Crippen LogP contribution in [0.1, 0.15) is 97.1 Å². The minimum atomic E-state index is -0.882. The highest BCUT2D eigenvalue weighted by molar-refractivity contribution is 5.89. The molecular weight excluding hydrogens is 512 g/mol. The van der Waals surface area contributed by atoms with Crippen LogP contribution in [0, 0.1) is 0 Å². The third-order valence-electron chi connectivity index (χ3n) is 6.48. The molecule has 2 aromatic carbocycles.